The van der Waals surface area contributed by atoms with E-state index in [1.807, 2.05) is 0 Å². The highest BCUT2D eigenvalue weighted by atomic mass is 35.5. The van der Waals surface area contributed by atoms with Crippen LogP contribution in [0, 0.1) is 0 Å². The van der Waals surface area contributed by atoms with Crippen LogP contribution >= 0.6 is 24.2 Å². The van der Waals surface area contributed by atoms with Crippen LogP contribution in [0.5, 0.6) is 0 Å². The van der Waals surface area contributed by atoms with Crippen LogP contribution in [0.3, 0.4) is 0 Å². The standard InChI is InChI=1S/C11H10ClFO3S/c1-5(14)6-4-9(17)8(12)3-7(6)10(13)11(15)16-2/h3-4,10,17H,1-2H3. The Bertz CT molecular complexity index is 476. The van der Waals surface area contributed by atoms with Gasteiger partial charge in [-0.3, -0.25) is 4.79 Å². The zero-order chi connectivity index (χ0) is 13.2. The molecule has 0 amide bonds. The first-order chi connectivity index (χ1) is 7.88. The minimum absolute atomic E-state index is 0.0669. The van der Waals surface area contributed by atoms with Gasteiger partial charge in [-0.2, -0.15) is 0 Å². The lowest BCUT2D eigenvalue weighted by atomic mass is 10.0. The van der Waals surface area contributed by atoms with E-state index in [1.165, 1.54) is 19.1 Å². The summed E-state index contributed by atoms with van der Waals surface area (Å²) in [6.07, 6.45) is -2.04. The first kappa shape index (κ1) is 14.0. The van der Waals surface area contributed by atoms with E-state index in [0.717, 1.165) is 7.11 Å². The van der Waals surface area contributed by atoms with Crippen LogP contribution in [0.15, 0.2) is 17.0 Å². The number of thiol groups is 1. The molecule has 0 saturated carbocycles. The molecule has 0 bridgehead atoms. The quantitative estimate of drug-likeness (QED) is 0.524. The molecule has 1 rings (SSSR count). The SMILES string of the molecule is COC(=O)C(F)c1cc(Cl)c(S)cc1C(C)=O. The summed E-state index contributed by atoms with van der Waals surface area (Å²) >= 11 is 9.81. The Morgan fingerprint density at radius 3 is 2.53 bits per heavy atom. The molecular weight excluding hydrogens is 267 g/mol. The topological polar surface area (TPSA) is 43.4 Å². The van der Waals surface area contributed by atoms with Gasteiger partial charge >= 0.3 is 5.97 Å². The summed E-state index contributed by atoms with van der Waals surface area (Å²) in [5, 5.41) is 0.167. The molecule has 0 saturated heterocycles. The highest BCUT2D eigenvalue weighted by Gasteiger charge is 2.25. The molecule has 0 heterocycles. The Morgan fingerprint density at radius 1 is 1.47 bits per heavy atom. The summed E-state index contributed by atoms with van der Waals surface area (Å²) in [4.78, 5) is 22.8. The van der Waals surface area contributed by atoms with Gasteiger partial charge in [0.25, 0.3) is 0 Å². The number of esters is 1. The van der Waals surface area contributed by atoms with Crippen LogP contribution in [0.2, 0.25) is 5.02 Å². The first-order valence-corrected chi connectivity index (χ1v) is 5.46. The fourth-order valence-electron chi connectivity index (χ4n) is 1.32. The van der Waals surface area contributed by atoms with E-state index in [1.54, 1.807) is 0 Å². The van der Waals surface area contributed by atoms with Crippen molar-refractivity contribution in [2.75, 3.05) is 7.11 Å². The number of rotatable bonds is 3. The molecule has 1 aromatic carbocycles. The van der Waals surface area contributed by atoms with Crippen molar-refractivity contribution >= 4 is 36.0 Å². The van der Waals surface area contributed by atoms with E-state index in [4.69, 9.17) is 11.6 Å². The second kappa shape index (κ2) is 5.51. The highest BCUT2D eigenvalue weighted by Crippen LogP contribution is 2.30. The molecule has 1 atom stereocenters. The number of alkyl halides is 1. The van der Waals surface area contributed by atoms with Crippen molar-refractivity contribution in [3.8, 4) is 0 Å². The third kappa shape index (κ3) is 2.98. The highest BCUT2D eigenvalue weighted by molar-refractivity contribution is 7.80. The van der Waals surface area contributed by atoms with Crippen molar-refractivity contribution in [3.05, 3.63) is 28.3 Å². The van der Waals surface area contributed by atoms with Crippen LogP contribution in [-0.4, -0.2) is 18.9 Å². The monoisotopic (exact) mass is 276 g/mol. The van der Waals surface area contributed by atoms with Gasteiger partial charge in [-0.25, -0.2) is 9.18 Å². The van der Waals surface area contributed by atoms with E-state index < -0.39 is 12.1 Å². The Kier molecular flexibility index (Phi) is 4.54. The molecule has 0 fully saturated rings. The second-order valence-corrected chi connectivity index (χ2v) is 4.22. The van der Waals surface area contributed by atoms with E-state index in [0.29, 0.717) is 4.90 Å². The number of hydrogen-bond acceptors (Lipinski definition) is 4. The number of Topliss-reactive ketones (excluding diaryl/α,β-unsaturated/α-hetero) is 1. The van der Waals surface area contributed by atoms with Gasteiger partial charge in [0.1, 0.15) is 0 Å². The van der Waals surface area contributed by atoms with Gasteiger partial charge in [0.05, 0.1) is 12.1 Å². The van der Waals surface area contributed by atoms with Gasteiger partial charge < -0.3 is 4.74 Å². The minimum Gasteiger partial charge on any atom is -0.467 e. The normalized spacial score (nSPS) is 12.1. The number of methoxy groups -OCH3 is 1. The summed E-state index contributed by atoms with van der Waals surface area (Å²) in [6, 6.07) is 2.54. The van der Waals surface area contributed by atoms with Crippen molar-refractivity contribution < 1.29 is 18.7 Å². The average molecular weight is 277 g/mol. The van der Waals surface area contributed by atoms with E-state index in [2.05, 4.69) is 17.4 Å². The molecular formula is C11H10ClFO3S. The second-order valence-electron chi connectivity index (χ2n) is 3.33. The Hall–Kier alpha value is -1.07. The number of ketones is 1. The van der Waals surface area contributed by atoms with Crippen molar-refractivity contribution in [1.82, 2.24) is 0 Å². The zero-order valence-corrected chi connectivity index (χ0v) is 10.8. The third-order valence-corrected chi connectivity index (χ3v) is 2.99. The van der Waals surface area contributed by atoms with Gasteiger partial charge in [0.2, 0.25) is 6.17 Å². The molecule has 0 radical (unpaired) electrons. The average Bonchev–Trinajstić information content (AvgIpc) is 2.29. The van der Waals surface area contributed by atoms with Gasteiger partial charge in [-0.15, -0.1) is 12.6 Å². The maximum atomic E-state index is 13.8. The van der Waals surface area contributed by atoms with Gasteiger partial charge in [-0.05, 0) is 19.1 Å². The Morgan fingerprint density at radius 2 is 2.06 bits per heavy atom. The van der Waals surface area contributed by atoms with Gasteiger partial charge in [-0.1, -0.05) is 11.6 Å². The molecule has 92 valence electrons. The number of carbonyl (C=O) groups excluding carboxylic acids is 2. The summed E-state index contributed by atoms with van der Waals surface area (Å²) in [5.74, 6) is -1.45. The van der Waals surface area contributed by atoms with E-state index in [9.17, 15) is 14.0 Å². The van der Waals surface area contributed by atoms with Crippen LogP contribution in [0.25, 0.3) is 0 Å². The molecule has 0 N–H and O–H groups in total. The summed E-state index contributed by atoms with van der Waals surface area (Å²) in [6.45, 7) is 1.27. The van der Waals surface area contributed by atoms with E-state index in [-0.39, 0.29) is 21.9 Å². The summed E-state index contributed by atoms with van der Waals surface area (Å²) in [5.41, 5.74) is -0.0375. The molecule has 17 heavy (non-hydrogen) atoms. The predicted molar refractivity (Wildman–Crippen MR) is 64.6 cm³/mol. The smallest absolute Gasteiger partial charge is 0.345 e. The fraction of sp³-hybridized carbons (Fsp3) is 0.273. The molecule has 1 aromatic rings. The third-order valence-electron chi connectivity index (χ3n) is 2.18. The van der Waals surface area contributed by atoms with Crippen molar-refractivity contribution in [2.45, 2.75) is 18.0 Å². The van der Waals surface area contributed by atoms with Gasteiger partial charge in [0, 0.05) is 16.0 Å². The molecule has 0 aromatic heterocycles. The molecule has 0 aliphatic rings. The van der Waals surface area contributed by atoms with Crippen molar-refractivity contribution in [2.24, 2.45) is 0 Å². The molecule has 1 unspecified atom stereocenters. The summed E-state index contributed by atoms with van der Waals surface area (Å²) in [7, 11) is 1.07. The largest absolute Gasteiger partial charge is 0.467 e. The number of hydrogen-bond donors (Lipinski definition) is 1. The molecule has 0 spiro atoms. The Balaban J connectivity index is 3.35. The van der Waals surface area contributed by atoms with E-state index >= 15 is 0 Å². The van der Waals surface area contributed by atoms with Crippen molar-refractivity contribution in [1.29, 1.82) is 0 Å². The number of ether oxygens (including phenoxy) is 1. The predicted octanol–water partition coefficient (Wildman–Crippen LogP) is 3.01. The molecule has 0 aliphatic carbocycles. The van der Waals surface area contributed by atoms with Gasteiger partial charge in [0.15, 0.2) is 5.78 Å². The van der Waals surface area contributed by atoms with Crippen LogP contribution < -0.4 is 0 Å². The lowest BCUT2D eigenvalue weighted by Crippen LogP contribution is -2.13. The lowest BCUT2D eigenvalue weighted by molar-refractivity contribution is -0.146. The number of carbonyl (C=O) groups is 2. The fourth-order valence-corrected chi connectivity index (χ4v) is 1.69. The summed E-state index contributed by atoms with van der Waals surface area (Å²) < 4.78 is 18.0. The van der Waals surface area contributed by atoms with Crippen LogP contribution in [0.4, 0.5) is 4.39 Å². The molecule has 6 heteroatoms. The maximum Gasteiger partial charge on any atom is 0.345 e. The van der Waals surface area contributed by atoms with Crippen molar-refractivity contribution in [3.63, 3.8) is 0 Å². The zero-order valence-electron chi connectivity index (χ0n) is 9.16. The van der Waals surface area contributed by atoms with Crippen LogP contribution in [0.1, 0.15) is 29.0 Å². The number of benzene rings is 1. The van der Waals surface area contributed by atoms with Crippen LogP contribution in [-0.2, 0) is 9.53 Å². The first-order valence-electron chi connectivity index (χ1n) is 4.63. The maximum absolute atomic E-state index is 13.8. The molecule has 0 aliphatic heterocycles. The number of halogens is 2. The minimum atomic E-state index is -2.04. The molecule has 3 nitrogen and oxygen atoms in total. The lowest BCUT2D eigenvalue weighted by Gasteiger charge is -2.12. The Labute approximate surface area is 108 Å².